The van der Waals surface area contributed by atoms with Gasteiger partial charge in [-0.05, 0) is 69.1 Å². The van der Waals surface area contributed by atoms with E-state index in [2.05, 4.69) is 22.1 Å². The van der Waals surface area contributed by atoms with Gasteiger partial charge in [0.1, 0.15) is 11.5 Å². The molecular formula is C21H22F3N3O2. The highest BCUT2D eigenvalue weighted by atomic mass is 19.4. The second-order valence-corrected chi connectivity index (χ2v) is 7.65. The highest BCUT2D eigenvalue weighted by Gasteiger charge is 2.40. The van der Waals surface area contributed by atoms with E-state index in [4.69, 9.17) is 4.74 Å². The van der Waals surface area contributed by atoms with Crippen molar-refractivity contribution in [3.63, 3.8) is 0 Å². The van der Waals surface area contributed by atoms with Crippen LogP contribution in [0.3, 0.4) is 0 Å². The average Bonchev–Trinajstić information content (AvgIpc) is 2.71. The molecule has 2 atom stereocenters. The van der Waals surface area contributed by atoms with Crippen molar-refractivity contribution in [2.75, 3.05) is 13.1 Å². The fourth-order valence-corrected chi connectivity index (χ4v) is 4.22. The lowest BCUT2D eigenvalue weighted by Crippen LogP contribution is -2.62. The summed E-state index contributed by atoms with van der Waals surface area (Å²) in [4.78, 5) is 18.6. The van der Waals surface area contributed by atoms with Crippen LogP contribution in [0.1, 0.15) is 35.7 Å². The van der Waals surface area contributed by atoms with Crippen LogP contribution >= 0.6 is 0 Å². The monoisotopic (exact) mass is 405 g/mol. The van der Waals surface area contributed by atoms with Gasteiger partial charge >= 0.3 is 6.18 Å². The van der Waals surface area contributed by atoms with E-state index in [0.717, 1.165) is 38.2 Å². The Morgan fingerprint density at radius 3 is 2.45 bits per heavy atom. The quantitative estimate of drug-likeness (QED) is 0.832. The number of ether oxygens (including phenoxy) is 1. The zero-order chi connectivity index (χ0) is 20.6. The smallest absolute Gasteiger partial charge is 0.418 e. The topological polar surface area (TPSA) is 54.5 Å². The second kappa shape index (κ2) is 7.67. The number of alkyl halides is 3. The molecule has 1 amide bonds. The van der Waals surface area contributed by atoms with Crippen molar-refractivity contribution in [2.45, 2.75) is 38.0 Å². The fraction of sp³-hybridized carbons (Fsp3) is 0.429. The van der Waals surface area contributed by atoms with Crippen molar-refractivity contribution < 1.29 is 22.7 Å². The minimum Gasteiger partial charge on any atom is -0.456 e. The van der Waals surface area contributed by atoms with Crippen LogP contribution < -0.4 is 10.1 Å². The number of aromatic nitrogens is 1. The lowest BCUT2D eigenvalue weighted by Gasteiger charge is -2.49. The molecule has 0 aliphatic carbocycles. The number of benzene rings is 1. The minimum atomic E-state index is -4.49. The van der Waals surface area contributed by atoms with Gasteiger partial charge in [0.25, 0.3) is 5.91 Å². The molecule has 29 heavy (non-hydrogen) atoms. The van der Waals surface area contributed by atoms with Crippen LogP contribution in [-0.4, -0.2) is 41.0 Å². The van der Waals surface area contributed by atoms with Gasteiger partial charge in [-0.15, -0.1) is 0 Å². The summed E-state index contributed by atoms with van der Waals surface area (Å²) in [6, 6.07) is 7.70. The summed E-state index contributed by atoms with van der Waals surface area (Å²) in [5.41, 5.74) is -0.388. The van der Waals surface area contributed by atoms with E-state index < -0.39 is 11.7 Å². The Morgan fingerprint density at radius 2 is 1.83 bits per heavy atom. The van der Waals surface area contributed by atoms with Crippen molar-refractivity contribution in [1.29, 1.82) is 0 Å². The SMILES string of the molecule is CC1C(NC(=O)c2ccc(Oc3cncc(C(F)(F)F)c3)cc2)C2CCN1CC2. The van der Waals surface area contributed by atoms with Crippen molar-refractivity contribution in [2.24, 2.45) is 5.92 Å². The van der Waals surface area contributed by atoms with E-state index in [1.165, 1.54) is 6.20 Å². The molecule has 2 aromatic rings. The van der Waals surface area contributed by atoms with Gasteiger partial charge in [0.05, 0.1) is 11.8 Å². The molecule has 0 saturated carbocycles. The van der Waals surface area contributed by atoms with Crippen molar-refractivity contribution in [3.05, 3.63) is 53.9 Å². The maximum absolute atomic E-state index is 12.8. The molecule has 2 unspecified atom stereocenters. The number of halogens is 3. The third-order valence-electron chi connectivity index (χ3n) is 5.87. The first kappa shape index (κ1) is 19.7. The summed E-state index contributed by atoms with van der Waals surface area (Å²) in [7, 11) is 0. The molecule has 0 radical (unpaired) electrons. The molecule has 1 N–H and O–H groups in total. The molecule has 3 aliphatic rings. The molecule has 5 rings (SSSR count). The van der Waals surface area contributed by atoms with Crippen LogP contribution in [0.5, 0.6) is 11.5 Å². The maximum Gasteiger partial charge on any atom is 0.418 e. The molecular weight excluding hydrogens is 383 g/mol. The molecule has 8 heteroatoms. The molecule has 2 bridgehead atoms. The Hall–Kier alpha value is -2.61. The number of fused-ring (bicyclic) bond motifs is 3. The van der Waals surface area contributed by atoms with E-state index in [0.29, 0.717) is 23.3 Å². The Balaban J connectivity index is 1.41. The highest BCUT2D eigenvalue weighted by molar-refractivity contribution is 5.94. The van der Waals surface area contributed by atoms with E-state index in [1.807, 2.05) is 0 Å². The number of carbonyl (C=O) groups excluding carboxylic acids is 1. The first-order valence-corrected chi connectivity index (χ1v) is 9.66. The summed E-state index contributed by atoms with van der Waals surface area (Å²) in [6.45, 7) is 4.33. The van der Waals surface area contributed by atoms with E-state index >= 15 is 0 Å². The molecule has 154 valence electrons. The first-order chi connectivity index (χ1) is 13.8. The first-order valence-electron chi connectivity index (χ1n) is 9.66. The van der Waals surface area contributed by atoms with Gasteiger partial charge in [0, 0.05) is 23.8 Å². The lowest BCUT2D eigenvalue weighted by molar-refractivity contribution is -0.137. The van der Waals surface area contributed by atoms with Gasteiger partial charge < -0.3 is 10.1 Å². The zero-order valence-corrected chi connectivity index (χ0v) is 15.9. The number of piperidine rings is 3. The van der Waals surface area contributed by atoms with E-state index in [9.17, 15) is 18.0 Å². The number of nitrogens with zero attached hydrogens (tertiary/aromatic N) is 2. The predicted octanol–water partition coefficient (Wildman–Crippen LogP) is 4.11. The largest absolute Gasteiger partial charge is 0.456 e. The van der Waals surface area contributed by atoms with Crippen LogP contribution in [0.25, 0.3) is 0 Å². The number of hydrogen-bond acceptors (Lipinski definition) is 4. The van der Waals surface area contributed by atoms with E-state index in [1.54, 1.807) is 24.3 Å². The van der Waals surface area contributed by atoms with Gasteiger partial charge in [0.15, 0.2) is 0 Å². The van der Waals surface area contributed by atoms with Crippen molar-refractivity contribution >= 4 is 5.91 Å². The average molecular weight is 405 g/mol. The molecule has 4 heterocycles. The summed E-state index contributed by atoms with van der Waals surface area (Å²) >= 11 is 0. The Labute approximate surface area is 166 Å². The van der Waals surface area contributed by atoms with Crippen molar-refractivity contribution in [3.8, 4) is 11.5 Å². The van der Waals surface area contributed by atoms with Gasteiger partial charge in [-0.25, -0.2) is 0 Å². The second-order valence-electron chi connectivity index (χ2n) is 7.65. The molecule has 1 aromatic carbocycles. The third kappa shape index (κ3) is 4.22. The fourth-order valence-electron chi connectivity index (χ4n) is 4.22. The highest BCUT2D eigenvalue weighted by Crippen LogP contribution is 2.33. The summed E-state index contributed by atoms with van der Waals surface area (Å²) in [5.74, 6) is 0.676. The molecule has 0 spiro atoms. The Morgan fingerprint density at radius 1 is 1.14 bits per heavy atom. The third-order valence-corrected chi connectivity index (χ3v) is 5.87. The predicted molar refractivity (Wildman–Crippen MR) is 101 cm³/mol. The molecule has 5 nitrogen and oxygen atoms in total. The number of nitrogens with one attached hydrogen (secondary N) is 1. The molecule has 3 aliphatic heterocycles. The molecule has 1 aromatic heterocycles. The zero-order valence-electron chi connectivity index (χ0n) is 15.9. The van der Waals surface area contributed by atoms with Crippen molar-refractivity contribution in [1.82, 2.24) is 15.2 Å². The van der Waals surface area contributed by atoms with E-state index in [-0.39, 0.29) is 17.7 Å². The van der Waals surface area contributed by atoms with Crippen LogP contribution in [0.15, 0.2) is 42.7 Å². The lowest BCUT2D eigenvalue weighted by atomic mass is 9.79. The van der Waals surface area contributed by atoms with Gasteiger partial charge in [-0.3, -0.25) is 14.7 Å². The standard InChI is InChI=1S/C21H22F3N3O2/c1-13-19(14-6-8-27(13)9-7-14)26-20(28)15-2-4-17(5-3-15)29-18-10-16(11-25-12-18)21(22,23)24/h2-5,10-14,19H,6-9H2,1H3,(H,26,28). The normalized spacial score (nSPS) is 26.2. The molecule has 3 saturated heterocycles. The minimum absolute atomic E-state index is 0.0156. The maximum atomic E-state index is 12.8. The summed E-state index contributed by atoms with van der Waals surface area (Å²) < 4.78 is 43.8. The van der Waals surface area contributed by atoms with Gasteiger partial charge in [0.2, 0.25) is 0 Å². The summed E-state index contributed by atoms with van der Waals surface area (Å²) in [5, 5.41) is 3.15. The molecule has 3 fully saturated rings. The number of pyridine rings is 1. The number of hydrogen-bond donors (Lipinski definition) is 1. The van der Waals surface area contributed by atoms with Crippen LogP contribution in [0.4, 0.5) is 13.2 Å². The number of carbonyl (C=O) groups is 1. The van der Waals surface area contributed by atoms with Crippen LogP contribution in [0.2, 0.25) is 0 Å². The van der Waals surface area contributed by atoms with Crippen LogP contribution in [0, 0.1) is 5.92 Å². The van der Waals surface area contributed by atoms with Gasteiger partial charge in [-0.2, -0.15) is 13.2 Å². The number of amides is 1. The van der Waals surface area contributed by atoms with Gasteiger partial charge in [-0.1, -0.05) is 0 Å². The van der Waals surface area contributed by atoms with Crippen LogP contribution in [-0.2, 0) is 6.18 Å². The number of rotatable bonds is 4. The Bertz CT molecular complexity index is 875. The summed E-state index contributed by atoms with van der Waals surface area (Å²) in [6.07, 6.45) is -0.318. The Kier molecular flexibility index (Phi) is 5.21.